The summed E-state index contributed by atoms with van der Waals surface area (Å²) in [5, 5.41) is 0. The van der Waals surface area contributed by atoms with Crippen LogP contribution in [0.5, 0.6) is 0 Å². The van der Waals surface area contributed by atoms with Gasteiger partial charge in [0.25, 0.3) is 0 Å². The number of hydrogen-bond acceptors (Lipinski definition) is 4. The molecule has 1 rings (SSSR count). The molecule has 0 saturated carbocycles. The lowest BCUT2D eigenvalue weighted by Crippen LogP contribution is -2.26. The van der Waals surface area contributed by atoms with Gasteiger partial charge >= 0.3 is 0 Å². The first-order valence-electron chi connectivity index (χ1n) is 7.07. The Morgan fingerprint density at radius 2 is 2.00 bits per heavy atom. The van der Waals surface area contributed by atoms with Crippen LogP contribution >= 0.6 is 15.9 Å². The first-order valence-corrected chi connectivity index (χ1v) is 9.34. The lowest BCUT2D eigenvalue weighted by Gasteiger charge is -2.10. The molecule has 0 aliphatic heterocycles. The maximum absolute atomic E-state index is 12.2. The zero-order valence-electron chi connectivity index (χ0n) is 12.3. The van der Waals surface area contributed by atoms with E-state index < -0.39 is 10.0 Å². The van der Waals surface area contributed by atoms with Crippen LogP contribution in [0.25, 0.3) is 0 Å². The molecule has 1 aromatic rings. The second-order valence-electron chi connectivity index (χ2n) is 4.69. The predicted molar refractivity (Wildman–Crippen MR) is 87.6 cm³/mol. The largest absolute Gasteiger partial charge is 0.381 e. The van der Waals surface area contributed by atoms with Gasteiger partial charge in [-0.25, -0.2) is 13.1 Å². The minimum atomic E-state index is -3.53. The van der Waals surface area contributed by atoms with Crippen LogP contribution in [-0.4, -0.2) is 28.2 Å². The van der Waals surface area contributed by atoms with Crippen molar-refractivity contribution in [1.82, 2.24) is 4.72 Å². The van der Waals surface area contributed by atoms with Crippen LogP contribution in [0.3, 0.4) is 0 Å². The highest BCUT2D eigenvalue weighted by Crippen LogP contribution is 2.22. The molecule has 0 bridgehead atoms. The molecule has 7 heteroatoms. The van der Waals surface area contributed by atoms with Crippen LogP contribution in [0.2, 0.25) is 0 Å². The van der Waals surface area contributed by atoms with Gasteiger partial charge in [0.1, 0.15) is 0 Å². The van der Waals surface area contributed by atoms with E-state index in [4.69, 9.17) is 10.5 Å². The van der Waals surface area contributed by atoms with Gasteiger partial charge in [0, 0.05) is 30.8 Å². The molecule has 0 atom stereocenters. The van der Waals surface area contributed by atoms with Gasteiger partial charge in [-0.1, -0.05) is 19.4 Å². The van der Waals surface area contributed by atoms with Gasteiger partial charge in [-0.15, -0.1) is 0 Å². The van der Waals surface area contributed by atoms with Crippen LogP contribution < -0.4 is 10.5 Å². The van der Waals surface area contributed by atoms with Crippen molar-refractivity contribution in [2.75, 3.05) is 19.8 Å². The summed E-state index contributed by atoms with van der Waals surface area (Å²) < 4.78 is 33.0. The highest BCUT2D eigenvalue weighted by Gasteiger charge is 2.17. The standard InChI is InChI=1S/C14H23BrN2O3S/c1-2-3-8-20-9-4-7-17-21(18,19)14-10-12(11-16)5-6-13(14)15/h5-6,10,17H,2-4,7-9,11,16H2,1H3. The molecule has 0 amide bonds. The number of nitrogens with one attached hydrogen (secondary N) is 1. The molecule has 1 aromatic carbocycles. The van der Waals surface area contributed by atoms with Gasteiger partial charge in [0.15, 0.2) is 0 Å². The number of rotatable bonds is 10. The van der Waals surface area contributed by atoms with Crippen LogP contribution in [0, 0.1) is 0 Å². The monoisotopic (exact) mass is 378 g/mol. The van der Waals surface area contributed by atoms with Crippen LogP contribution in [0.1, 0.15) is 31.7 Å². The molecule has 0 saturated heterocycles. The number of sulfonamides is 1. The highest BCUT2D eigenvalue weighted by atomic mass is 79.9. The van der Waals surface area contributed by atoms with Crippen molar-refractivity contribution >= 4 is 26.0 Å². The topological polar surface area (TPSA) is 81.4 Å². The van der Waals surface area contributed by atoms with Crippen molar-refractivity contribution in [3.05, 3.63) is 28.2 Å². The summed E-state index contributed by atoms with van der Waals surface area (Å²) in [5.74, 6) is 0. The Balaban J connectivity index is 2.50. The van der Waals surface area contributed by atoms with Crippen molar-refractivity contribution in [1.29, 1.82) is 0 Å². The quantitative estimate of drug-likeness (QED) is 0.612. The lowest BCUT2D eigenvalue weighted by molar-refractivity contribution is 0.130. The number of halogens is 1. The maximum atomic E-state index is 12.2. The van der Waals surface area contributed by atoms with E-state index >= 15 is 0 Å². The third-order valence-corrected chi connectivity index (χ3v) is 5.38. The molecule has 0 radical (unpaired) electrons. The number of hydrogen-bond donors (Lipinski definition) is 2. The Hall–Kier alpha value is -0.470. The minimum Gasteiger partial charge on any atom is -0.381 e. The summed E-state index contributed by atoms with van der Waals surface area (Å²) in [4.78, 5) is 0.220. The Morgan fingerprint density at radius 3 is 2.67 bits per heavy atom. The van der Waals surface area contributed by atoms with E-state index in [2.05, 4.69) is 27.6 Å². The van der Waals surface area contributed by atoms with Crippen molar-refractivity contribution in [2.45, 2.75) is 37.6 Å². The number of ether oxygens (including phenoxy) is 1. The Morgan fingerprint density at radius 1 is 1.29 bits per heavy atom. The molecule has 21 heavy (non-hydrogen) atoms. The molecular formula is C14H23BrN2O3S. The molecule has 0 unspecified atom stereocenters. The minimum absolute atomic E-state index is 0.220. The number of unbranched alkanes of at least 4 members (excludes halogenated alkanes) is 1. The fourth-order valence-electron chi connectivity index (χ4n) is 1.69. The zero-order chi connectivity index (χ0) is 15.7. The summed E-state index contributed by atoms with van der Waals surface area (Å²) >= 11 is 3.26. The van der Waals surface area contributed by atoms with Crippen molar-refractivity contribution in [3.63, 3.8) is 0 Å². The smallest absolute Gasteiger partial charge is 0.241 e. The van der Waals surface area contributed by atoms with Gasteiger partial charge in [-0.05, 0) is 46.5 Å². The van der Waals surface area contributed by atoms with Gasteiger partial charge in [0.2, 0.25) is 10.0 Å². The van der Waals surface area contributed by atoms with E-state index in [-0.39, 0.29) is 4.90 Å². The average molecular weight is 379 g/mol. The van der Waals surface area contributed by atoms with E-state index in [0.29, 0.717) is 30.6 Å². The van der Waals surface area contributed by atoms with E-state index in [0.717, 1.165) is 25.0 Å². The number of nitrogens with two attached hydrogens (primary N) is 1. The average Bonchev–Trinajstić information content (AvgIpc) is 2.46. The van der Waals surface area contributed by atoms with Crippen LogP contribution in [-0.2, 0) is 21.3 Å². The summed E-state index contributed by atoms with van der Waals surface area (Å²) in [5.41, 5.74) is 6.32. The Kier molecular flexibility index (Phi) is 8.43. The molecule has 3 N–H and O–H groups in total. The molecule has 120 valence electrons. The van der Waals surface area contributed by atoms with Gasteiger partial charge in [0.05, 0.1) is 4.90 Å². The Labute approximate surface area is 135 Å². The summed E-state index contributed by atoms with van der Waals surface area (Å²) in [7, 11) is -3.53. The Bertz CT molecular complexity index is 535. The van der Waals surface area contributed by atoms with E-state index in [1.54, 1.807) is 18.2 Å². The van der Waals surface area contributed by atoms with E-state index in [1.807, 2.05) is 0 Å². The fraction of sp³-hybridized carbons (Fsp3) is 0.571. The molecule has 0 spiro atoms. The lowest BCUT2D eigenvalue weighted by atomic mass is 10.2. The molecule has 0 aliphatic rings. The highest BCUT2D eigenvalue weighted by molar-refractivity contribution is 9.10. The second-order valence-corrected chi connectivity index (χ2v) is 7.28. The summed E-state index contributed by atoms with van der Waals surface area (Å²) in [6.07, 6.45) is 2.78. The molecule has 0 heterocycles. The molecule has 0 aliphatic carbocycles. The molecule has 5 nitrogen and oxygen atoms in total. The van der Waals surface area contributed by atoms with Crippen molar-refractivity contribution in [2.24, 2.45) is 5.73 Å². The first-order chi connectivity index (χ1) is 10.0. The molecule has 0 fully saturated rings. The van der Waals surface area contributed by atoms with Crippen LogP contribution in [0.4, 0.5) is 0 Å². The van der Waals surface area contributed by atoms with E-state index in [1.165, 1.54) is 0 Å². The molecular weight excluding hydrogens is 356 g/mol. The fourth-order valence-corrected chi connectivity index (χ4v) is 3.77. The third kappa shape index (κ3) is 6.44. The zero-order valence-corrected chi connectivity index (χ0v) is 14.7. The normalized spacial score (nSPS) is 11.8. The third-order valence-electron chi connectivity index (χ3n) is 2.92. The van der Waals surface area contributed by atoms with Gasteiger partial charge in [-0.2, -0.15) is 0 Å². The van der Waals surface area contributed by atoms with Crippen molar-refractivity contribution < 1.29 is 13.2 Å². The van der Waals surface area contributed by atoms with E-state index in [9.17, 15) is 8.42 Å². The first kappa shape index (κ1) is 18.6. The second kappa shape index (κ2) is 9.53. The maximum Gasteiger partial charge on any atom is 0.241 e. The van der Waals surface area contributed by atoms with Gasteiger partial charge < -0.3 is 10.5 Å². The van der Waals surface area contributed by atoms with Gasteiger partial charge in [-0.3, -0.25) is 0 Å². The van der Waals surface area contributed by atoms with Crippen molar-refractivity contribution in [3.8, 4) is 0 Å². The summed E-state index contributed by atoms with van der Waals surface area (Å²) in [6, 6.07) is 5.08. The number of benzene rings is 1. The molecule has 0 aromatic heterocycles. The summed E-state index contributed by atoms with van der Waals surface area (Å²) in [6.45, 7) is 4.06. The predicted octanol–water partition coefficient (Wildman–Crippen LogP) is 2.39. The van der Waals surface area contributed by atoms with Crippen LogP contribution in [0.15, 0.2) is 27.6 Å². The SMILES string of the molecule is CCCCOCCCNS(=O)(=O)c1cc(CN)ccc1Br.